The smallest absolute Gasteiger partial charge is 0.338 e. The monoisotopic (exact) mass is 434 g/mol. The van der Waals surface area contributed by atoms with E-state index in [1.54, 1.807) is 24.3 Å². The van der Waals surface area contributed by atoms with Gasteiger partial charge in [-0.25, -0.2) is 4.79 Å². The summed E-state index contributed by atoms with van der Waals surface area (Å²) in [5, 5.41) is 13.3. The molecule has 0 atom stereocenters. The normalized spacial score (nSPS) is 10.2. The van der Waals surface area contributed by atoms with Crippen LogP contribution in [0.15, 0.2) is 72.8 Å². The van der Waals surface area contributed by atoms with Crippen molar-refractivity contribution in [2.24, 2.45) is 0 Å². The molecule has 0 aromatic heterocycles. The summed E-state index contributed by atoms with van der Waals surface area (Å²) in [6.45, 7) is -0.413. The van der Waals surface area contributed by atoms with Gasteiger partial charge in [-0.1, -0.05) is 0 Å². The zero-order chi connectivity index (χ0) is 23.1. The number of ether oxygens (including phenoxy) is 2. The third kappa shape index (κ3) is 5.54. The Morgan fingerprint density at radius 3 is 1.97 bits per heavy atom. The van der Waals surface area contributed by atoms with Crippen LogP contribution in [0.4, 0.5) is 11.4 Å². The van der Waals surface area contributed by atoms with Gasteiger partial charge in [0.15, 0.2) is 12.4 Å². The highest BCUT2D eigenvalue weighted by atomic mass is 16.6. The molecule has 32 heavy (non-hydrogen) atoms. The van der Waals surface area contributed by atoms with E-state index in [1.165, 1.54) is 55.6 Å². The molecule has 1 amide bonds. The van der Waals surface area contributed by atoms with Gasteiger partial charge < -0.3 is 14.8 Å². The molecular weight excluding hydrogens is 416 g/mol. The average molecular weight is 434 g/mol. The molecule has 0 aliphatic rings. The maximum Gasteiger partial charge on any atom is 0.338 e. The van der Waals surface area contributed by atoms with Crippen LogP contribution in [0.25, 0.3) is 0 Å². The number of methoxy groups -OCH3 is 1. The first-order valence-corrected chi connectivity index (χ1v) is 9.37. The molecule has 0 spiro atoms. The standard InChI is InChI=1S/C23H18N2O7/c1-31-20-12-6-15(7-13-20)21(26)14-32-23(28)17-2-8-18(9-3-17)24-22(27)16-4-10-19(11-5-16)25(29)30/h2-13H,14H2,1H3,(H,24,27). The summed E-state index contributed by atoms with van der Waals surface area (Å²) >= 11 is 0. The number of nitro groups is 1. The largest absolute Gasteiger partial charge is 0.497 e. The number of Topliss-reactive ketones (excluding diaryl/α,β-unsaturated/α-hetero) is 1. The van der Waals surface area contributed by atoms with E-state index in [9.17, 15) is 24.5 Å². The molecule has 0 radical (unpaired) electrons. The highest BCUT2D eigenvalue weighted by Gasteiger charge is 2.13. The lowest BCUT2D eigenvalue weighted by atomic mass is 10.1. The fourth-order valence-electron chi connectivity index (χ4n) is 2.70. The second-order valence-electron chi connectivity index (χ2n) is 6.56. The Kier molecular flexibility index (Phi) is 6.92. The first kappa shape index (κ1) is 22.2. The van der Waals surface area contributed by atoms with Crippen molar-refractivity contribution in [1.29, 1.82) is 0 Å². The van der Waals surface area contributed by atoms with E-state index in [-0.39, 0.29) is 22.6 Å². The molecule has 0 aliphatic heterocycles. The maximum absolute atomic E-state index is 12.2. The fraction of sp³-hybridized carbons (Fsp3) is 0.0870. The number of hydrogen-bond donors (Lipinski definition) is 1. The number of nitro benzene ring substituents is 1. The van der Waals surface area contributed by atoms with Gasteiger partial charge in [0, 0.05) is 28.9 Å². The number of ketones is 1. The predicted molar refractivity (Wildman–Crippen MR) is 115 cm³/mol. The molecule has 3 rings (SSSR count). The summed E-state index contributed by atoms with van der Waals surface area (Å²) in [6, 6.07) is 17.5. The number of non-ortho nitro benzene ring substituents is 1. The Balaban J connectivity index is 1.54. The van der Waals surface area contributed by atoms with Gasteiger partial charge in [0.1, 0.15) is 5.75 Å². The average Bonchev–Trinajstić information content (AvgIpc) is 2.82. The van der Waals surface area contributed by atoms with Crippen molar-refractivity contribution in [1.82, 2.24) is 0 Å². The zero-order valence-corrected chi connectivity index (χ0v) is 16.9. The third-order valence-corrected chi connectivity index (χ3v) is 4.47. The van der Waals surface area contributed by atoms with Crippen LogP contribution in [-0.4, -0.2) is 36.3 Å². The third-order valence-electron chi connectivity index (χ3n) is 4.47. The van der Waals surface area contributed by atoms with Crippen molar-refractivity contribution in [3.8, 4) is 5.75 Å². The highest BCUT2D eigenvalue weighted by Crippen LogP contribution is 2.16. The number of benzene rings is 3. The Bertz CT molecular complexity index is 1140. The van der Waals surface area contributed by atoms with E-state index in [2.05, 4.69) is 5.32 Å². The Morgan fingerprint density at radius 2 is 1.41 bits per heavy atom. The first-order valence-electron chi connectivity index (χ1n) is 9.37. The summed E-state index contributed by atoms with van der Waals surface area (Å²) in [6.07, 6.45) is 0. The van der Waals surface area contributed by atoms with Gasteiger partial charge in [-0.15, -0.1) is 0 Å². The summed E-state index contributed by atoms with van der Waals surface area (Å²) in [7, 11) is 1.52. The topological polar surface area (TPSA) is 125 Å². The van der Waals surface area contributed by atoms with Gasteiger partial charge in [0.25, 0.3) is 11.6 Å². The molecule has 0 saturated heterocycles. The number of amides is 1. The van der Waals surface area contributed by atoms with Crippen molar-refractivity contribution in [3.63, 3.8) is 0 Å². The van der Waals surface area contributed by atoms with Crippen molar-refractivity contribution in [2.45, 2.75) is 0 Å². The van der Waals surface area contributed by atoms with Crippen molar-refractivity contribution in [3.05, 3.63) is 99.6 Å². The molecule has 3 aromatic rings. The Labute approximate surface area is 182 Å². The van der Waals surface area contributed by atoms with Crippen molar-refractivity contribution >= 4 is 29.0 Å². The lowest BCUT2D eigenvalue weighted by Crippen LogP contribution is -2.15. The Morgan fingerprint density at radius 1 is 0.844 bits per heavy atom. The molecule has 0 aliphatic carbocycles. The molecule has 3 aromatic carbocycles. The number of nitrogens with zero attached hydrogens (tertiary/aromatic N) is 1. The molecular formula is C23H18N2O7. The maximum atomic E-state index is 12.2. The highest BCUT2D eigenvalue weighted by molar-refractivity contribution is 6.04. The number of carbonyl (C=O) groups is 3. The molecule has 162 valence electrons. The number of rotatable bonds is 8. The zero-order valence-electron chi connectivity index (χ0n) is 16.9. The second kappa shape index (κ2) is 9.98. The van der Waals surface area contributed by atoms with E-state index < -0.39 is 23.4 Å². The van der Waals surface area contributed by atoms with Gasteiger partial charge in [0.05, 0.1) is 17.6 Å². The molecule has 9 heteroatoms. The van der Waals surface area contributed by atoms with E-state index in [4.69, 9.17) is 9.47 Å². The van der Waals surface area contributed by atoms with Crippen LogP contribution in [0.5, 0.6) is 5.75 Å². The minimum absolute atomic E-state index is 0.116. The molecule has 0 unspecified atom stereocenters. The van der Waals surface area contributed by atoms with Crippen LogP contribution in [0.3, 0.4) is 0 Å². The lowest BCUT2D eigenvalue weighted by Gasteiger charge is -2.07. The van der Waals surface area contributed by atoms with Crippen LogP contribution in [0, 0.1) is 10.1 Å². The van der Waals surface area contributed by atoms with Crippen molar-refractivity contribution < 1.29 is 28.8 Å². The summed E-state index contributed by atoms with van der Waals surface area (Å²) in [5.41, 5.74) is 1.15. The molecule has 0 heterocycles. The minimum Gasteiger partial charge on any atom is -0.497 e. The van der Waals surface area contributed by atoms with Crippen molar-refractivity contribution in [2.75, 3.05) is 19.0 Å². The Hall–Kier alpha value is -4.53. The van der Waals surface area contributed by atoms with Gasteiger partial charge in [-0.2, -0.15) is 0 Å². The number of esters is 1. The van der Waals surface area contributed by atoms with Crippen LogP contribution in [0.1, 0.15) is 31.1 Å². The molecule has 9 nitrogen and oxygen atoms in total. The quantitative estimate of drug-likeness (QED) is 0.247. The summed E-state index contributed by atoms with van der Waals surface area (Å²) in [4.78, 5) is 46.7. The number of carbonyl (C=O) groups excluding carboxylic acids is 3. The fourth-order valence-corrected chi connectivity index (χ4v) is 2.70. The van der Waals surface area contributed by atoms with Crippen LogP contribution in [-0.2, 0) is 4.74 Å². The number of anilines is 1. The van der Waals surface area contributed by atoms with E-state index in [1.807, 2.05) is 0 Å². The minimum atomic E-state index is -0.680. The van der Waals surface area contributed by atoms with E-state index in [0.29, 0.717) is 17.0 Å². The SMILES string of the molecule is COc1ccc(C(=O)COC(=O)c2ccc(NC(=O)c3ccc([N+](=O)[O-])cc3)cc2)cc1. The van der Waals surface area contributed by atoms with E-state index in [0.717, 1.165) is 0 Å². The summed E-state index contributed by atoms with van der Waals surface area (Å²) < 4.78 is 10.1. The van der Waals surface area contributed by atoms with Crippen LogP contribution >= 0.6 is 0 Å². The van der Waals surface area contributed by atoms with E-state index >= 15 is 0 Å². The first-order chi connectivity index (χ1) is 15.4. The van der Waals surface area contributed by atoms with Crippen LogP contribution < -0.4 is 10.1 Å². The number of hydrogen-bond acceptors (Lipinski definition) is 7. The predicted octanol–water partition coefficient (Wildman–Crippen LogP) is 3.90. The lowest BCUT2D eigenvalue weighted by molar-refractivity contribution is -0.384. The second-order valence-corrected chi connectivity index (χ2v) is 6.56. The molecule has 0 bridgehead atoms. The van der Waals surface area contributed by atoms with Gasteiger partial charge >= 0.3 is 5.97 Å². The number of nitrogens with one attached hydrogen (secondary N) is 1. The van der Waals surface area contributed by atoms with Gasteiger partial charge in [-0.3, -0.25) is 19.7 Å². The molecule has 0 fully saturated rings. The summed E-state index contributed by atoms with van der Waals surface area (Å²) in [5.74, 6) is -0.882. The molecule has 1 N–H and O–H groups in total. The molecule has 0 saturated carbocycles. The van der Waals surface area contributed by atoms with Gasteiger partial charge in [0.2, 0.25) is 0 Å². The van der Waals surface area contributed by atoms with Gasteiger partial charge in [-0.05, 0) is 60.7 Å². The van der Waals surface area contributed by atoms with Crippen LogP contribution in [0.2, 0.25) is 0 Å².